The second kappa shape index (κ2) is 36.3. The molecule has 4 rings (SSSR count). The molecule has 0 heterocycles. The number of carbonyl (C=O) groups is 6. The fourth-order valence-corrected chi connectivity index (χ4v) is 9.60. The van der Waals surface area contributed by atoms with Crippen molar-refractivity contribution >= 4 is 37.1 Å². The van der Waals surface area contributed by atoms with Gasteiger partial charge in [0, 0.05) is 46.2 Å². The number of halogens is 1. The maximum atomic E-state index is 13.5. The van der Waals surface area contributed by atoms with Crippen molar-refractivity contribution in [2.75, 3.05) is 55.1 Å². The number of nitrogens with zero attached hydrogens (tertiary/aromatic N) is 2. The van der Waals surface area contributed by atoms with Crippen molar-refractivity contribution in [2.24, 2.45) is 23.7 Å². The molecule has 0 spiro atoms. The highest BCUT2D eigenvalue weighted by Crippen LogP contribution is 2.44. The Morgan fingerprint density at radius 3 is 1.82 bits per heavy atom. The fraction of sp³-hybridized carbons (Fsp3) is 0.600. The fourth-order valence-electron chi connectivity index (χ4n) is 9.60. The number of methoxy groups -OCH3 is 2. The van der Waals surface area contributed by atoms with Crippen molar-refractivity contribution in [2.45, 2.75) is 157 Å². The minimum Gasteiger partial charge on any atom is -0.458 e. The first-order valence-corrected chi connectivity index (χ1v) is 26.9. The Bertz CT molecular complexity index is 2120. The number of esters is 1. The van der Waals surface area contributed by atoms with Gasteiger partial charge in [-0.25, -0.2) is 14.0 Å². The van der Waals surface area contributed by atoms with Crippen molar-refractivity contribution in [1.29, 1.82) is 0 Å². The summed E-state index contributed by atoms with van der Waals surface area (Å²) in [5, 5.41) is 7.64. The highest BCUT2D eigenvalue weighted by Gasteiger charge is 2.35. The topological polar surface area (TPSA) is 182 Å². The molecular weight excluding hydrogens is 970 g/mol. The van der Waals surface area contributed by atoms with E-state index in [1.807, 2.05) is 45.2 Å². The third-order valence-corrected chi connectivity index (χ3v) is 13.1. The van der Waals surface area contributed by atoms with Gasteiger partial charge in [0.25, 0.3) is 0 Å². The number of ether oxygens (including phenoxy) is 4. The Morgan fingerprint density at radius 2 is 1.36 bits per heavy atom. The number of hydrogen-bond acceptors (Lipinski definition) is 11. The van der Waals surface area contributed by atoms with Crippen LogP contribution in [0.2, 0.25) is 0 Å². The number of hydrogen-bond donors (Lipinski definition) is 3. The number of aldehydes is 1. The van der Waals surface area contributed by atoms with Crippen LogP contribution in [0.4, 0.5) is 9.18 Å². The van der Waals surface area contributed by atoms with Crippen molar-refractivity contribution in [3.05, 3.63) is 95.3 Å². The third-order valence-electron chi connectivity index (χ3n) is 13.1. The van der Waals surface area contributed by atoms with Crippen LogP contribution < -0.4 is 16.0 Å². The molecule has 0 aliphatic heterocycles. The van der Waals surface area contributed by atoms with Gasteiger partial charge in [0.2, 0.25) is 18.7 Å². The van der Waals surface area contributed by atoms with Gasteiger partial charge in [0.05, 0.1) is 18.8 Å². The SMILES string of the molecule is CC(C)(C)OC(=O)C(Cc1ccccc1F)NC=O.CC(C)C(C(=O)NCC=O)N(C)C(=O)OCC1c2ccccc2-c2ccccc21.CCC.CCC(C)C(C(CC(CCCNC=O)C(OC)C(C)C)OC)N(C)C. The first kappa shape index (κ1) is 68.3. The lowest BCUT2D eigenvalue weighted by atomic mass is 9.81. The Kier molecular flexibility index (Phi) is 32.7. The number of amides is 4. The quantitative estimate of drug-likeness (QED) is 0.0376. The molecule has 0 saturated heterocycles. The maximum absolute atomic E-state index is 13.5. The predicted molar refractivity (Wildman–Crippen MR) is 300 cm³/mol. The first-order chi connectivity index (χ1) is 36.0. The Balaban J connectivity index is 0.000000567. The van der Waals surface area contributed by atoms with E-state index in [0.29, 0.717) is 48.6 Å². The van der Waals surface area contributed by atoms with Gasteiger partial charge in [0.1, 0.15) is 36.4 Å². The summed E-state index contributed by atoms with van der Waals surface area (Å²) in [6.07, 6.45) is 7.01. The summed E-state index contributed by atoms with van der Waals surface area (Å²) >= 11 is 0. The molecule has 15 nitrogen and oxygen atoms in total. The van der Waals surface area contributed by atoms with Gasteiger partial charge in [-0.15, -0.1) is 0 Å². The molecule has 1 aliphatic rings. The lowest BCUT2D eigenvalue weighted by molar-refractivity contribution is -0.158. The number of nitrogens with one attached hydrogen (secondary N) is 3. The molecule has 3 aromatic rings. The normalized spacial score (nSPS) is 14.4. The molecule has 1 aliphatic carbocycles. The zero-order valence-corrected chi connectivity index (χ0v) is 48.7. The van der Waals surface area contributed by atoms with Gasteiger partial charge in [-0.05, 0) is 112 Å². The summed E-state index contributed by atoms with van der Waals surface area (Å²) in [6.45, 7) is 22.9. The molecule has 0 radical (unpaired) electrons. The van der Waals surface area contributed by atoms with Crippen LogP contribution in [0.5, 0.6) is 0 Å². The van der Waals surface area contributed by atoms with Crippen LogP contribution >= 0.6 is 0 Å². The maximum Gasteiger partial charge on any atom is 0.410 e. The third kappa shape index (κ3) is 22.9. The van der Waals surface area contributed by atoms with Crippen LogP contribution in [-0.4, -0.2) is 138 Å². The van der Waals surface area contributed by atoms with Crippen LogP contribution in [0, 0.1) is 29.5 Å². The van der Waals surface area contributed by atoms with Crippen molar-refractivity contribution in [3.63, 3.8) is 0 Å². The number of rotatable bonds is 27. The van der Waals surface area contributed by atoms with E-state index < -0.39 is 35.6 Å². The predicted octanol–water partition coefficient (Wildman–Crippen LogP) is 9.63. The number of likely N-dealkylation sites (N-methyl/N-ethyl adjacent to an activating group) is 2. The largest absolute Gasteiger partial charge is 0.458 e. The average Bonchev–Trinajstić information content (AvgIpc) is 3.69. The molecule has 0 fully saturated rings. The van der Waals surface area contributed by atoms with Crippen LogP contribution in [0.1, 0.15) is 131 Å². The van der Waals surface area contributed by atoms with E-state index in [-0.39, 0.29) is 49.5 Å². The Labute approximate surface area is 455 Å². The highest BCUT2D eigenvalue weighted by molar-refractivity contribution is 5.87. The minimum absolute atomic E-state index is 0.0406. The summed E-state index contributed by atoms with van der Waals surface area (Å²) in [7, 11) is 9.46. The molecule has 426 valence electrons. The van der Waals surface area contributed by atoms with Crippen LogP contribution in [0.3, 0.4) is 0 Å². The lowest BCUT2D eigenvalue weighted by Gasteiger charge is -2.39. The monoisotopic (exact) mass is 1060 g/mol. The van der Waals surface area contributed by atoms with Gasteiger partial charge in [-0.2, -0.15) is 0 Å². The van der Waals surface area contributed by atoms with Crippen molar-refractivity contribution in [1.82, 2.24) is 25.8 Å². The molecule has 0 saturated carbocycles. The second-order valence-electron chi connectivity index (χ2n) is 21.2. The summed E-state index contributed by atoms with van der Waals surface area (Å²) < 4.78 is 36.1. The van der Waals surface area contributed by atoms with Crippen molar-refractivity contribution in [3.8, 4) is 11.1 Å². The molecule has 0 bridgehead atoms. The van der Waals surface area contributed by atoms with Gasteiger partial charge in [-0.1, -0.05) is 135 Å². The molecule has 76 heavy (non-hydrogen) atoms. The van der Waals surface area contributed by atoms with Gasteiger partial charge >= 0.3 is 12.1 Å². The standard InChI is InChI=1S/C23H26N2O4.C20H42N2O3.C14H18FNO3.C3H8/c1-15(2)21(22(27)24-12-13-26)25(3)23(28)29-14-20-18-10-6-4-8-16(18)17-9-5-7-11-19(17)20;1-9-16(4)19(22(5)6)18(24-7)13-17(11-10-12-21-14-23)20(25-8)15(2)3;1-14(2,3)19-13(18)12(16-9-17)8-10-6-4-5-7-11(10)15;1-3-2/h4-11,13,15,20-21H,12,14H2,1-3H3,(H,24,27);14-20H,9-13H2,1-8H3,(H,21,23);4-7,9,12H,8H2,1-3H3,(H,16,17);3H2,1-2H3. The van der Waals surface area contributed by atoms with E-state index in [2.05, 4.69) is 101 Å². The van der Waals surface area contributed by atoms with E-state index in [1.165, 1.54) is 17.4 Å². The summed E-state index contributed by atoms with van der Waals surface area (Å²) in [6, 6.07) is 21.1. The first-order valence-electron chi connectivity index (χ1n) is 26.9. The van der Waals surface area contributed by atoms with Crippen LogP contribution in [0.15, 0.2) is 72.8 Å². The van der Waals surface area contributed by atoms with E-state index in [9.17, 15) is 33.2 Å². The molecule has 3 aromatic carbocycles. The zero-order valence-electron chi connectivity index (χ0n) is 48.7. The number of fused-ring (bicyclic) bond motifs is 3. The second-order valence-corrected chi connectivity index (χ2v) is 21.2. The summed E-state index contributed by atoms with van der Waals surface area (Å²) in [4.78, 5) is 72.1. The Hall–Kier alpha value is -5.71. The smallest absolute Gasteiger partial charge is 0.410 e. The highest BCUT2D eigenvalue weighted by atomic mass is 19.1. The lowest BCUT2D eigenvalue weighted by Crippen LogP contribution is -2.51. The van der Waals surface area contributed by atoms with Gasteiger partial charge in [0.15, 0.2) is 0 Å². The van der Waals surface area contributed by atoms with E-state index >= 15 is 0 Å². The van der Waals surface area contributed by atoms with Gasteiger partial charge in [-0.3, -0.25) is 19.3 Å². The zero-order chi connectivity index (χ0) is 57.5. The molecule has 16 heteroatoms. The van der Waals surface area contributed by atoms with E-state index in [4.69, 9.17) is 18.9 Å². The van der Waals surface area contributed by atoms with Crippen LogP contribution in [-0.2, 0) is 49.3 Å². The Morgan fingerprint density at radius 1 is 0.789 bits per heavy atom. The van der Waals surface area contributed by atoms with E-state index in [0.717, 1.165) is 54.3 Å². The minimum atomic E-state index is -0.895. The molecule has 7 unspecified atom stereocenters. The average molecular weight is 1060 g/mol. The molecule has 7 atom stereocenters. The molecule has 3 N–H and O–H groups in total. The van der Waals surface area contributed by atoms with Crippen LogP contribution in [0.25, 0.3) is 11.1 Å². The summed E-state index contributed by atoms with van der Waals surface area (Å²) in [5.41, 5.74) is 4.28. The molecule has 0 aromatic heterocycles. The van der Waals surface area contributed by atoms with Crippen molar-refractivity contribution < 1.29 is 52.1 Å². The summed E-state index contributed by atoms with van der Waals surface area (Å²) in [5.74, 6) is -0.108. The van der Waals surface area contributed by atoms with E-state index in [1.54, 1.807) is 53.1 Å². The number of carbonyl (C=O) groups excluding carboxylic acids is 6. The van der Waals surface area contributed by atoms with Gasteiger partial charge < -0.3 is 44.6 Å². The molecular formula is C60H94FN5O10. The number of benzene rings is 3. The molecule has 4 amide bonds.